The SMILES string of the molecule is C=CCOc1cccc([C@@H]2/C(=C(\O)c3ccc4c(c3)C[C@H](C)O4)C(=O)C(=O)N2c2nnc(SCc3ccccc3F)s2)c1. The van der Waals surface area contributed by atoms with Gasteiger partial charge < -0.3 is 14.6 Å². The Morgan fingerprint density at radius 3 is 2.84 bits per heavy atom. The highest BCUT2D eigenvalue weighted by Crippen LogP contribution is 2.45. The van der Waals surface area contributed by atoms with Gasteiger partial charge in [0.2, 0.25) is 5.13 Å². The summed E-state index contributed by atoms with van der Waals surface area (Å²) in [4.78, 5) is 28.5. The maximum atomic E-state index is 14.1. The number of aliphatic hydroxyl groups is 1. The zero-order valence-corrected chi connectivity index (χ0v) is 24.7. The van der Waals surface area contributed by atoms with Gasteiger partial charge in [0.05, 0.1) is 11.6 Å². The van der Waals surface area contributed by atoms with Crippen molar-refractivity contribution >= 4 is 45.7 Å². The maximum absolute atomic E-state index is 14.1. The van der Waals surface area contributed by atoms with E-state index >= 15 is 0 Å². The Morgan fingerprint density at radius 2 is 2.02 bits per heavy atom. The monoisotopic (exact) mass is 615 g/mol. The van der Waals surface area contributed by atoms with E-state index in [1.165, 1.54) is 22.7 Å². The lowest BCUT2D eigenvalue weighted by atomic mass is 9.94. The molecule has 0 aliphatic carbocycles. The Hall–Kier alpha value is -4.48. The number of Topliss-reactive ketones (excluding diaryl/α,β-unsaturated/α-hetero) is 1. The first-order valence-electron chi connectivity index (χ1n) is 13.5. The van der Waals surface area contributed by atoms with Crippen LogP contribution in [0.4, 0.5) is 9.52 Å². The van der Waals surface area contributed by atoms with E-state index in [1.807, 2.05) is 6.92 Å². The highest BCUT2D eigenvalue weighted by atomic mass is 32.2. The molecular formula is C32H26FN3O5S2. The van der Waals surface area contributed by atoms with Gasteiger partial charge in [0.15, 0.2) is 4.34 Å². The van der Waals surface area contributed by atoms with Crippen molar-refractivity contribution in [2.75, 3.05) is 11.5 Å². The standard InChI is InChI=1S/C32H26FN3O5S2/c1-3-13-40-23-9-6-8-19(16-23)27-26(28(37)20-11-12-25-22(15-20)14-18(2)41-25)29(38)30(39)36(27)31-34-35-32(43-31)42-17-21-7-4-5-10-24(21)33/h3-12,15-16,18,27,37H,1,13-14,17H2,2H3/b28-26+/t18-,27+/m0/s1. The molecule has 3 heterocycles. The van der Waals surface area contributed by atoms with Crippen molar-refractivity contribution < 1.29 is 28.6 Å². The predicted octanol–water partition coefficient (Wildman–Crippen LogP) is 6.48. The van der Waals surface area contributed by atoms with Crippen molar-refractivity contribution in [3.05, 3.63) is 113 Å². The largest absolute Gasteiger partial charge is 0.507 e. The molecule has 6 rings (SSSR count). The number of thioether (sulfide) groups is 1. The van der Waals surface area contributed by atoms with E-state index in [1.54, 1.807) is 66.7 Å². The van der Waals surface area contributed by atoms with Crippen LogP contribution in [0.25, 0.3) is 5.76 Å². The van der Waals surface area contributed by atoms with Crippen molar-refractivity contribution in [2.45, 2.75) is 35.6 Å². The molecule has 11 heteroatoms. The van der Waals surface area contributed by atoms with Crippen LogP contribution in [0.5, 0.6) is 11.5 Å². The summed E-state index contributed by atoms with van der Waals surface area (Å²) in [5, 5.41) is 20.2. The number of carbonyl (C=O) groups is 2. The summed E-state index contributed by atoms with van der Waals surface area (Å²) in [5.41, 5.74) is 2.28. The van der Waals surface area contributed by atoms with Crippen molar-refractivity contribution in [1.29, 1.82) is 0 Å². The van der Waals surface area contributed by atoms with Gasteiger partial charge in [0.25, 0.3) is 5.78 Å². The van der Waals surface area contributed by atoms with Gasteiger partial charge in [-0.1, -0.05) is 66.1 Å². The number of halogens is 1. The second kappa shape index (κ2) is 12.0. The topological polar surface area (TPSA) is 102 Å². The molecule has 0 saturated carbocycles. The number of rotatable bonds is 9. The molecule has 1 fully saturated rings. The predicted molar refractivity (Wildman–Crippen MR) is 163 cm³/mol. The van der Waals surface area contributed by atoms with Crippen LogP contribution in [0.2, 0.25) is 0 Å². The maximum Gasteiger partial charge on any atom is 0.301 e. The third kappa shape index (κ3) is 5.65. The van der Waals surface area contributed by atoms with E-state index in [9.17, 15) is 19.1 Å². The van der Waals surface area contributed by atoms with Crippen LogP contribution in [0.1, 0.15) is 35.2 Å². The number of nitrogens with zero attached hydrogens (tertiary/aromatic N) is 3. The number of hydrogen-bond acceptors (Lipinski definition) is 9. The van der Waals surface area contributed by atoms with Gasteiger partial charge in [-0.3, -0.25) is 14.5 Å². The fraction of sp³-hybridized carbons (Fsp3) is 0.188. The molecule has 2 atom stereocenters. The van der Waals surface area contributed by atoms with Gasteiger partial charge in [-0.25, -0.2) is 4.39 Å². The Labute approximate surface area is 255 Å². The molecule has 0 radical (unpaired) electrons. The minimum absolute atomic E-state index is 0.000802. The minimum Gasteiger partial charge on any atom is -0.507 e. The van der Waals surface area contributed by atoms with Gasteiger partial charge in [-0.15, -0.1) is 10.2 Å². The normalized spacial score (nSPS) is 18.9. The number of benzene rings is 3. The van der Waals surface area contributed by atoms with Crippen LogP contribution in [0, 0.1) is 5.82 Å². The van der Waals surface area contributed by atoms with E-state index in [0.29, 0.717) is 39.0 Å². The fourth-order valence-electron chi connectivity index (χ4n) is 5.11. The molecule has 0 unspecified atom stereocenters. The van der Waals surface area contributed by atoms with Crippen molar-refractivity contribution in [3.8, 4) is 11.5 Å². The summed E-state index contributed by atoms with van der Waals surface area (Å²) in [7, 11) is 0. The second-order valence-corrected chi connectivity index (χ2v) is 12.2. The Morgan fingerprint density at radius 1 is 1.19 bits per heavy atom. The van der Waals surface area contributed by atoms with Gasteiger partial charge in [0.1, 0.15) is 35.8 Å². The summed E-state index contributed by atoms with van der Waals surface area (Å²) in [6.07, 6.45) is 2.27. The summed E-state index contributed by atoms with van der Waals surface area (Å²) in [6, 6.07) is 17.6. The third-order valence-electron chi connectivity index (χ3n) is 7.07. The van der Waals surface area contributed by atoms with Crippen LogP contribution in [-0.4, -0.2) is 39.7 Å². The second-order valence-electron chi connectivity index (χ2n) is 10.0. The zero-order chi connectivity index (χ0) is 30.1. The van der Waals surface area contributed by atoms with E-state index < -0.39 is 17.7 Å². The van der Waals surface area contributed by atoms with E-state index in [0.717, 1.165) is 22.6 Å². The molecule has 2 aliphatic rings. The molecule has 2 aliphatic heterocycles. The fourth-order valence-corrected chi connectivity index (χ4v) is 6.97. The lowest BCUT2D eigenvalue weighted by Crippen LogP contribution is -2.29. The van der Waals surface area contributed by atoms with Gasteiger partial charge in [0, 0.05) is 17.7 Å². The highest BCUT2D eigenvalue weighted by molar-refractivity contribution is 8.00. The van der Waals surface area contributed by atoms with Crippen LogP contribution in [0.15, 0.2) is 89.3 Å². The van der Waals surface area contributed by atoms with Crippen molar-refractivity contribution in [3.63, 3.8) is 0 Å². The van der Waals surface area contributed by atoms with Crippen LogP contribution in [-0.2, 0) is 21.8 Å². The number of amides is 1. The highest BCUT2D eigenvalue weighted by Gasteiger charge is 2.48. The van der Waals surface area contributed by atoms with Gasteiger partial charge >= 0.3 is 5.91 Å². The van der Waals surface area contributed by atoms with Crippen LogP contribution < -0.4 is 14.4 Å². The number of anilines is 1. The van der Waals surface area contributed by atoms with Crippen LogP contribution in [0.3, 0.4) is 0 Å². The molecule has 43 heavy (non-hydrogen) atoms. The lowest BCUT2D eigenvalue weighted by molar-refractivity contribution is -0.132. The molecule has 0 bridgehead atoms. The quantitative estimate of drug-likeness (QED) is 0.0570. The number of aromatic nitrogens is 2. The van der Waals surface area contributed by atoms with Crippen LogP contribution >= 0.6 is 23.1 Å². The van der Waals surface area contributed by atoms with Crippen molar-refractivity contribution in [1.82, 2.24) is 10.2 Å². The number of carbonyl (C=O) groups excluding carboxylic acids is 2. The first-order valence-corrected chi connectivity index (χ1v) is 15.3. The Kier molecular flexibility index (Phi) is 8.00. The first-order chi connectivity index (χ1) is 20.8. The number of ether oxygens (including phenoxy) is 2. The average molecular weight is 616 g/mol. The van der Waals surface area contributed by atoms with Crippen molar-refractivity contribution in [2.24, 2.45) is 0 Å². The van der Waals surface area contributed by atoms with Gasteiger partial charge in [-0.05, 0) is 60.0 Å². The number of fused-ring (bicyclic) bond motifs is 1. The lowest BCUT2D eigenvalue weighted by Gasteiger charge is -2.23. The number of ketones is 1. The average Bonchev–Trinajstić information content (AvgIpc) is 3.70. The van der Waals surface area contributed by atoms with E-state index in [4.69, 9.17) is 9.47 Å². The molecule has 8 nitrogen and oxygen atoms in total. The smallest absolute Gasteiger partial charge is 0.301 e. The first kappa shape index (κ1) is 28.6. The summed E-state index contributed by atoms with van der Waals surface area (Å²) >= 11 is 2.38. The molecule has 1 N–H and O–H groups in total. The summed E-state index contributed by atoms with van der Waals surface area (Å²) in [6.45, 7) is 5.90. The summed E-state index contributed by atoms with van der Waals surface area (Å²) in [5.74, 6) is -0.773. The number of hydrogen-bond donors (Lipinski definition) is 1. The van der Waals surface area contributed by atoms with Gasteiger partial charge in [-0.2, -0.15) is 0 Å². The Bertz CT molecular complexity index is 1770. The molecule has 1 aromatic heterocycles. The minimum atomic E-state index is -1.01. The molecule has 3 aromatic carbocycles. The summed E-state index contributed by atoms with van der Waals surface area (Å²) < 4.78 is 26.2. The number of aliphatic hydroxyl groups excluding tert-OH is 1. The molecule has 0 spiro atoms. The van der Waals surface area contributed by atoms with E-state index in [-0.39, 0.29) is 35.0 Å². The Balaban J connectivity index is 1.40. The molecule has 218 valence electrons. The molecule has 4 aromatic rings. The zero-order valence-electron chi connectivity index (χ0n) is 23.0. The molecule has 1 amide bonds. The molecule has 1 saturated heterocycles. The van der Waals surface area contributed by atoms with E-state index in [2.05, 4.69) is 16.8 Å². The molecular weight excluding hydrogens is 590 g/mol. The third-order valence-corrected chi connectivity index (χ3v) is 9.17.